The van der Waals surface area contributed by atoms with E-state index >= 15 is 0 Å². The van der Waals surface area contributed by atoms with Crippen LogP contribution in [0.2, 0.25) is 0 Å². The van der Waals surface area contributed by atoms with Gasteiger partial charge >= 0.3 is 7.12 Å². The molecule has 0 saturated heterocycles. The van der Waals surface area contributed by atoms with Crippen LogP contribution in [0, 0.1) is 20.8 Å². The number of ether oxygens (including phenoxy) is 1. The lowest BCUT2D eigenvalue weighted by Crippen LogP contribution is -2.34. The summed E-state index contributed by atoms with van der Waals surface area (Å²) in [6, 6.07) is 1.92. The summed E-state index contributed by atoms with van der Waals surface area (Å²) in [5, 5.41) is 18.4. The molecule has 76 valence electrons. The Hall–Kier alpha value is -0.995. The monoisotopic (exact) mass is 194 g/mol. The third-order valence-electron chi connectivity index (χ3n) is 2.50. The number of methoxy groups -OCH3 is 1. The number of hydrogen-bond acceptors (Lipinski definition) is 3. The number of benzene rings is 1. The molecule has 0 spiro atoms. The Morgan fingerprint density at radius 1 is 1.14 bits per heavy atom. The molecule has 0 radical (unpaired) electrons. The number of aryl methyl sites for hydroxylation is 2. The van der Waals surface area contributed by atoms with Gasteiger partial charge in [0.2, 0.25) is 0 Å². The molecule has 3 nitrogen and oxygen atoms in total. The number of rotatable bonds is 2. The second-order valence-corrected chi connectivity index (χ2v) is 3.46. The van der Waals surface area contributed by atoms with E-state index in [0.29, 0.717) is 11.2 Å². The smallest absolute Gasteiger partial charge is 0.492 e. The Morgan fingerprint density at radius 3 is 2.14 bits per heavy atom. The summed E-state index contributed by atoms with van der Waals surface area (Å²) in [6.07, 6.45) is 0. The fourth-order valence-corrected chi connectivity index (χ4v) is 1.65. The van der Waals surface area contributed by atoms with Gasteiger partial charge in [0.15, 0.2) is 0 Å². The highest BCUT2D eigenvalue weighted by atomic mass is 16.5. The van der Waals surface area contributed by atoms with Crippen LogP contribution in [0.25, 0.3) is 0 Å². The average molecular weight is 194 g/mol. The van der Waals surface area contributed by atoms with E-state index in [1.165, 1.54) is 7.11 Å². The van der Waals surface area contributed by atoms with Gasteiger partial charge in [-0.05, 0) is 37.5 Å². The molecule has 1 aromatic carbocycles. The van der Waals surface area contributed by atoms with E-state index < -0.39 is 7.12 Å². The van der Waals surface area contributed by atoms with Gasteiger partial charge in [-0.2, -0.15) is 0 Å². The lowest BCUT2D eigenvalue weighted by molar-refractivity contribution is 0.400. The quantitative estimate of drug-likeness (QED) is 0.665. The standard InChI is InChI=1S/C10H15BO3/c1-6-5-7(2)9(11(12)13)10(14-4)8(6)3/h5,12-13H,1-4H3. The molecular formula is C10H15BO3. The second-order valence-electron chi connectivity index (χ2n) is 3.46. The molecule has 0 bridgehead atoms. The maximum Gasteiger partial charge on any atom is 0.492 e. The molecule has 1 rings (SSSR count). The summed E-state index contributed by atoms with van der Waals surface area (Å²) in [4.78, 5) is 0. The third kappa shape index (κ3) is 1.76. The largest absolute Gasteiger partial charge is 0.497 e. The van der Waals surface area contributed by atoms with E-state index in [0.717, 1.165) is 16.7 Å². The first kappa shape index (κ1) is 11.1. The zero-order valence-corrected chi connectivity index (χ0v) is 8.96. The molecular weight excluding hydrogens is 179 g/mol. The van der Waals surface area contributed by atoms with Crippen molar-refractivity contribution in [2.75, 3.05) is 7.11 Å². The molecule has 0 aliphatic carbocycles. The Labute approximate surface area is 84.5 Å². The van der Waals surface area contributed by atoms with Crippen LogP contribution in [0.15, 0.2) is 6.07 Å². The first-order chi connectivity index (χ1) is 6.49. The Bertz CT molecular complexity index is 348. The van der Waals surface area contributed by atoms with Crippen molar-refractivity contribution in [3.8, 4) is 5.75 Å². The van der Waals surface area contributed by atoms with Crippen molar-refractivity contribution < 1.29 is 14.8 Å². The van der Waals surface area contributed by atoms with E-state index in [1.54, 1.807) is 0 Å². The van der Waals surface area contributed by atoms with Gasteiger partial charge in [-0.25, -0.2) is 0 Å². The molecule has 4 heteroatoms. The lowest BCUT2D eigenvalue weighted by atomic mass is 9.75. The zero-order valence-electron chi connectivity index (χ0n) is 8.96. The molecule has 0 amide bonds. The van der Waals surface area contributed by atoms with E-state index in [9.17, 15) is 10.0 Å². The Kier molecular flexibility index (Phi) is 3.19. The summed E-state index contributed by atoms with van der Waals surface area (Å²) < 4.78 is 5.18. The fourth-order valence-electron chi connectivity index (χ4n) is 1.65. The minimum atomic E-state index is -1.48. The molecule has 0 aliphatic heterocycles. The summed E-state index contributed by atoms with van der Waals surface area (Å²) in [5.41, 5.74) is 3.32. The number of hydrogen-bond donors (Lipinski definition) is 2. The van der Waals surface area contributed by atoms with Crippen LogP contribution in [0.4, 0.5) is 0 Å². The average Bonchev–Trinajstić information content (AvgIpc) is 2.09. The molecule has 0 atom stereocenters. The fraction of sp³-hybridized carbons (Fsp3) is 0.400. The highest BCUT2D eigenvalue weighted by Crippen LogP contribution is 2.21. The van der Waals surface area contributed by atoms with Crippen LogP contribution in [0.3, 0.4) is 0 Å². The van der Waals surface area contributed by atoms with Crippen molar-refractivity contribution in [3.05, 3.63) is 22.8 Å². The maximum absolute atomic E-state index is 9.21. The van der Waals surface area contributed by atoms with Crippen LogP contribution >= 0.6 is 0 Å². The first-order valence-electron chi connectivity index (χ1n) is 4.49. The van der Waals surface area contributed by atoms with Gasteiger partial charge in [-0.1, -0.05) is 6.07 Å². The van der Waals surface area contributed by atoms with Crippen molar-refractivity contribution in [1.82, 2.24) is 0 Å². The van der Waals surface area contributed by atoms with Gasteiger partial charge in [0.05, 0.1) is 7.11 Å². The highest BCUT2D eigenvalue weighted by Gasteiger charge is 2.22. The van der Waals surface area contributed by atoms with Crippen molar-refractivity contribution >= 4 is 12.6 Å². The molecule has 0 fully saturated rings. The third-order valence-corrected chi connectivity index (χ3v) is 2.50. The van der Waals surface area contributed by atoms with E-state index in [1.807, 2.05) is 26.8 Å². The van der Waals surface area contributed by atoms with Crippen molar-refractivity contribution in [2.24, 2.45) is 0 Å². The summed E-state index contributed by atoms with van der Waals surface area (Å²) in [7, 11) is 0.0526. The predicted molar refractivity (Wildman–Crippen MR) is 57.0 cm³/mol. The molecule has 14 heavy (non-hydrogen) atoms. The van der Waals surface area contributed by atoms with Crippen molar-refractivity contribution in [3.63, 3.8) is 0 Å². The van der Waals surface area contributed by atoms with Gasteiger partial charge in [-0.15, -0.1) is 0 Å². The van der Waals surface area contributed by atoms with E-state index in [4.69, 9.17) is 4.74 Å². The molecule has 0 unspecified atom stereocenters. The Balaban J connectivity index is 3.47. The van der Waals surface area contributed by atoms with Crippen LogP contribution in [-0.2, 0) is 0 Å². The second kappa shape index (κ2) is 4.03. The van der Waals surface area contributed by atoms with Crippen molar-refractivity contribution in [2.45, 2.75) is 20.8 Å². The summed E-state index contributed by atoms with van der Waals surface area (Å²) in [5.74, 6) is 0.567. The molecule has 0 saturated carbocycles. The van der Waals surface area contributed by atoms with Crippen LogP contribution in [0.5, 0.6) is 5.75 Å². The van der Waals surface area contributed by atoms with Gasteiger partial charge in [0, 0.05) is 5.46 Å². The van der Waals surface area contributed by atoms with E-state index in [-0.39, 0.29) is 0 Å². The SMILES string of the molecule is COc1c(C)c(C)cc(C)c1B(O)O. The minimum absolute atomic E-state index is 0.454. The molecule has 2 N–H and O–H groups in total. The molecule has 0 heterocycles. The Morgan fingerprint density at radius 2 is 1.71 bits per heavy atom. The summed E-state index contributed by atoms with van der Waals surface area (Å²) >= 11 is 0. The summed E-state index contributed by atoms with van der Waals surface area (Å²) in [6.45, 7) is 5.71. The van der Waals surface area contributed by atoms with Crippen molar-refractivity contribution in [1.29, 1.82) is 0 Å². The molecule has 0 aliphatic rings. The van der Waals surface area contributed by atoms with Gasteiger partial charge < -0.3 is 14.8 Å². The van der Waals surface area contributed by atoms with Gasteiger partial charge in [0.25, 0.3) is 0 Å². The first-order valence-corrected chi connectivity index (χ1v) is 4.49. The van der Waals surface area contributed by atoms with Gasteiger partial charge in [-0.3, -0.25) is 0 Å². The van der Waals surface area contributed by atoms with E-state index in [2.05, 4.69) is 0 Å². The zero-order chi connectivity index (χ0) is 10.9. The highest BCUT2D eigenvalue weighted by molar-refractivity contribution is 6.60. The normalized spacial score (nSPS) is 10.1. The minimum Gasteiger partial charge on any atom is -0.497 e. The van der Waals surface area contributed by atoms with Crippen LogP contribution < -0.4 is 10.2 Å². The topological polar surface area (TPSA) is 49.7 Å². The maximum atomic E-state index is 9.21. The molecule has 1 aromatic rings. The van der Waals surface area contributed by atoms with Crippen LogP contribution in [-0.4, -0.2) is 24.3 Å². The lowest BCUT2D eigenvalue weighted by Gasteiger charge is -2.15. The predicted octanol–water partition coefficient (Wildman–Crippen LogP) is 0.300. The van der Waals surface area contributed by atoms with Gasteiger partial charge in [0.1, 0.15) is 5.75 Å². The molecule has 0 aromatic heterocycles. The van der Waals surface area contributed by atoms with Crippen LogP contribution in [0.1, 0.15) is 16.7 Å².